The molecule has 0 bridgehead atoms. The Morgan fingerprint density at radius 3 is 2.18 bits per heavy atom. The Morgan fingerprint density at radius 2 is 1.57 bits per heavy atom. The first kappa shape index (κ1) is 19.8. The van der Waals surface area contributed by atoms with Crippen LogP contribution in [0.2, 0.25) is 0 Å². The Labute approximate surface area is 169 Å². The van der Waals surface area contributed by atoms with E-state index in [0.29, 0.717) is 10.9 Å². The topological polar surface area (TPSA) is 49.4 Å². The molecule has 0 saturated heterocycles. The van der Waals surface area contributed by atoms with E-state index in [-0.39, 0.29) is 24.5 Å². The Kier molecular flexibility index (Phi) is 6.61. The fourth-order valence-corrected chi connectivity index (χ4v) is 3.74. The lowest BCUT2D eigenvalue weighted by molar-refractivity contribution is -0.116. The molecule has 0 fully saturated rings. The predicted molar refractivity (Wildman–Crippen MR) is 117 cm³/mol. The average molecular weight is 393 g/mol. The number of hydrogen-bond donors (Lipinski definition) is 1. The van der Waals surface area contributed by atoms with Gasteiger partial charge in [-0.3, -0.25) is 9.59 Å². The number of amides is 1. The number of ketones is 1. The zero-order valence-corrected chi connectivity index (χ0v) is 16.9. The van der Waals surface area contributed by atoms with Gasteiger partial charge in [0.15, 0.2) is 5.78 Å². The molecule has 2 aromatic carbocycles. The third-order valence-electron chi connectivity index (χ3n) is 4.36. The van der Waals surface area contributed by atoms with Crippen LogP contribution in [0.25, 0.3) is 0 Å². The summed E-state index contributed by atoms with van der Waals surface area (Å²) in [6.45, 7) is 4.29. The Bertz CT molecular complexity index is 904. The van der Waals surface area contributed by atoms with E-state index in [1.54, 1.807) is 6.07 Å². The van der Waals surface area contributed by atoms with Gasteiger partial charge in [-0.15, -0.1) is 11.3 Å². The summed E-state index contributed by atoms with van der Waals surface area (Å²) in [4.78, 5) is 27.1. The number of nitrogens with one attached hydrogen (secondary N) is 1. The number of hydrogen-bond acceptors (Lipinski definition) is 4. The van der Waals surface area contributed by atoms with Crippen LogP contribution in [0.3, 0.4) is 0 Å². The second kappa shape index (κ2) is 9.33. The molecular weight excluding hydrogens is 368 g/mol. The van der Waals surface area contributed by atoms with Gasteiger partial charge in [-0.25, -0.2) is 0 Å². The van der Waals surface area contributed by atoms with Crippen LogP contribution < -0.4 is 10.2 Å². The lowest BCUT2D eigenvalue weighted by Crippen LogP contribution is -2.25. The lowest BCUT2D eigenvalue weighted by atomic mass is 10.1. The molecule has 144 valence electrons. The molecule has 0 saturated carbocycles. The van der Waals surface area contributed by atoms with Gasteiger partial charge in [0.1, 0.15) is 0 Å². The van der Waals surface area contributed by atoms with Gasteiger partial charge in [0.05, 0.1) is 4.88 Å². The second-order valence-electron chi connectivity index (χ2n) is 6.79. The van der Waals surface area contributed by atoms with Crippen LogP contribution in [0, 0.1) is 0 Å². The summed E-state index contributed by atoms with van der Waals surface area (Å²) in [5.74, 6) is -0.141. The van der Waals surface area contributed by atoms with Crippen LogP contribution in [0.15, 0.2) is 72.1 Å². The number of anilines is 3. The van der Waals surface area contributed by atoms with Crippen molar-refractivity contribution < 1.29 is 9.59 Å². The molecule has 0 unspecified atom stereocenters. The summed E-state index contributed by atoms with van der Waals surface area (Å²) >= 11 is 1.41. The Morgan fingerprint density at radius 1 is 0.893 bits per heavy atom. The highest BCUT2D eigenvalue weighted by Crippen LogP contribution is 2.28. The molecule has 0 atom stereocenters. The standard InChI is InChI=1S/C23H24N2O2S/c1-17(2)25(19-7-4-3-5-8-19)20-12-10-18(11-13-20)24-23(27)15-14-21(26)22-9-6-16-28-22/h3-13,16-17H,14-15H2,1-2H3,(H,24,27). The largest absolute Gasteiger partial charge is 0.339 e. The highest BCUT2D eigenvalue weighted by atomic mass is 32.1. The average Bonchev–Trinajstić information content (AvgIpc) is 3.23. The molecule has 1 N–H and O–H groups in total. The first-order chi connectivity index (χ1) is 13.5. The molecule has 4 nitrogen and oxygen atoms in total. The van der Waals surface area contributed by atoms with E-state index >= 15 is 0 Å². The van der Waals surface area contributed by atoms with Gasteiger partial charge in [0, 0.05) is 35.9 Å². The van der Waals surface area contributed by atoms with Crippen molar-refractivity contribution in [1.82, 2.24) is 0 Å². The monoisotopic (exact) mass is 392 g/mol. The maximum atomic E-state index is 12.2. The maximum absolute atomic E-state index is 12.2. The number of carbonyl (C=O) groups is 2. The van der Waals surface area contributed by atoms with Gasteiger partial charge in [0.25, 0.3) is 0 Å². The SMILES string of the molecule is CC(C)N(c1ccccc1)c1ccc(NC(=O)CCC(=O)c2cccs2)cc1. The smallest absolute Gasteiger partial charge is 0.224 e. The number of nitrogens with zero attached hydrogens (tertiary/aromatic N) is 1. The first-order valence-electron chi connectivity index (χ1n) is 9.35. The van der Waals surface area contributed by atoms with E-state index in [4.69, 9.17) is 0 Å². The van der Waals surface area contributed by atoms with Gasteiger partial charge >= 0.3 is 0 Å². The zero-order valence-electron chi connectivity index (χ0n) is 16.1. The summed E-state index contributed by atoms with van der Waals surface area (Å²) in [6.07, 6.45) is 0.403. The Balaban J connectivity index is 1.60. The minimum Gasteiger partial charge on any atom is -0.339 e. The van der Waals surface area contributed by atoms with Gasteiger partial charge in [-0.05, 0) is 61.7 Å². The number of thiophene rings is 1. The summed E-state index contributed by atoms with van der Waals surface area (Å²) in [6, 6.07) is 21.9. The van der Waals surface area contributed by atoms with E-state index < -0.39 is 0 Å². The minimum absolute atomic E-state index is 0.0101. The minimum atomic E-state index is -0.151. The second-order valence-corrected chi connectivity index (χ2v) is 7.74. The number of benzene rings is 2. The maximum Gasteiger partial charge on any atom is 0.224 e. The third kappa shape index (κ3) is 5.08. The summed E-state index contributed by atoms with van der Waals surface area (Å²) < 4.78 is 0. The van der Waals surface area contributed by atoms with Crippen molar-refractivity contribution >= 4 is 40.1 Å². The predicted octanol–water partition coefficient (Wildman–Crippen LogP) is 5.90. The normalized spacial score (nSPS) is 10.7. The number of carbonyl (C=O) groups excluding carboxylic acids is 2. The molecule has 28 heavy (non-hydrogen) atoms. The first-order valence-corrected chi connectivity index (χ1v) is 10.2. The third-order valence-corrected chi connectivity index (χ3v) is 5.27. The van der Waals surface area contributed by atoms with Gasteiger partial charge < -0.3 is 10.2 Å². The van der Waals surface area contributed by atoms with Crippen LogP contribution in [0.1, 0.15) is 36.4 Å². The quantitative estimate of drug-likeness (QED) is 0.486. The molecule has 1 aromatic heterocycles. The van der Waals surface area contributed by atoms with Gasteiger partial charge in [-0.2, -0.15) is 0 Å². The van der Waals surface area contributed by atoms with Crippen molar-refractivity contribution in [2.75, 3.05) is 10.2 Å². The fraction of sp³-hybridized carbons (Fsp3) is 0.217. The molecule has 3 aromatic rings. The molecule has 0 aliphatic rings. The molecule has 1 amide bonds. The molecule has 0 spiro atoms. The molecule has 5 heteroatoms. The van der Waals surface area contributed by atoms with Crippen molar-refractivity contribution in [2.24, 2.45) is 0 Å². The summed E-state index contributed by atoms with van der Waals surface area (Å²) in [5, 5.41) is 4.74. The van der Waals surface area contributed by atoms with Crippen LogP contribution >= 0.6 is 11.3 Å². The van der Waals surface area contributed by atoms with Crippen LogP contribution in [-0.2, 0) is 4.79 Å². The number of rotatable bonds is 8. The van der Waals surface area contributed by atoms with E-state index in [1.807, 2.05) is 53.9 Å². The van der Waals surface area contributed by atoms with E-state index in [1.165, 1.54) is 11.3 Å². The Hall–Kier alpha value is -2.92. The fourth-order valence-electron chi connectivity index (χ4n) is 3.05. The summed E-state index contributed by atoms with van der Waals surface area (Å²) in [7, 11) is 0. The van der Waals surface area contributed by atoms with Crippen molar-refractivity contribution in [3.63, 3.8) is 0 Å². The zero-order chi connectivity index (χ0) is 19.9. The van der Waals surface area contributed by atoms with Crippen molar-refractivity contribution in [1.29, 1.82) is 0 Å². The summed E-state index contributed by atoms with van der Waals surface area (Å²) in [5.41, 5.74) is 2.92. The van der Waals surface area contributed by atoms with Crippen molar-refractivity contribution in [3.8, 4) is 0 Å². The van der Waals surface area contributed by atoms with Gasteiger partial charge in [0.2, 0.25) is 5.91 Å². The van der Waals surface area contributed by atoms with E-state index in [9.17, 15) is 9.59 Å². The van der Waals surface area contributed by atoms with Crippen LogP contribution in [0.4, 0.5) is 17.1 Å². The molecule has 0 aliphatic carbocycles. The molecule has 0 aliphatic heterocycles. The number of Topliss-reactive ketones (excluding diaryl/α,β-unsaturated/α-hetero) is 1. The van der Waals surface area contributed by atoms with E-state index in [2.05, 4.69) is 36.2 Å². The highest BCUT2D eigenvalue weighted by Gasteiger charge is 2.14. The van der Waals surface area contributed by atoms with Crippen LogP contribution in [-0.4, -0.2) is 17.7 Å². The van der Waals surface area contributed by atoms with Crippen molar-refractivity contribution in [3.05, 3.63) is 77.0 Å². The highest BCUT2D eigenvalue weighted by molar-refractivity contribution is 7.12. The molecule has 1 heterocycles. The lowest BCUT2D eigenvalue weighted by Gasteiger charge is -2.29. The van der Waals surface area contributed by atoms with Crippen molar-refractivity contribution in [2.45, 2.75) is 32.7 Å². The molecule has 0 radical (unpaired) electrons. The van der Waals surface area contributed by atoms with Gasteiger partial charge in [-0.1, -0.05) is 24.3 Å². The number of para-hydroxylation sites is 1. The molecular formula is C23H24N2O2S. The van der Waals surface area contributed by atoms with Crippen LogP contribution in [0.5, 0.6) is 0 Å². The molecule has 3 rings (SSSR count). The van der Waals surface area contributed by atoms with E-state index in [0.717, 1.165) is 17.1 Å².